The van der Waals surface area contributed by atoms with Crippen molar-refractivity contribution in [1.82, 2.24) is 10.2 Å². The van der Waals surface area contributed by atoms with Gasteiger partial charge in [0.2, 0.25) is 0 Å². The molecule has 0 saturated carbocycles. The monoisotopic (exact) mass is 515 g/mol. The van der Waals surface area contributed by atoms with Crippen LogP contribution >= 0.6 is 24.0 Å². The number of hydrogen-bond donors (Lipinski definition) is 1. The number of rotatable bonds is 7. The number of ether oxygens (including phenoxy) is 2. The summed E-state index contributed by atoms with van der Waals surface area (Å²) in [7, 11) is 1.88. The number of likely N-dealkylation sites (tertiary alicyclic amines) is 1. The summed E-state index contributed by atoms with van der Waals surface area (Å²) < 4.78 is 11.9. The smallest absolute Gasteiger partial charge is 0.193 e. The van der Waals surface area contributed by atoms with Crippen LogP contribution in [0.5, 0.6) is 0 Å². The van der Waals surface area contributed by atoms with E-state index >= 15 is 0 Å². The molecule has 1 aromatic carbocycles. The van der Waals surface area contributed by atoms with Crippen molar-refractivity contribution in [3.8, 4) is 0 Å². The molecule has 0 aliphatic carbocycles. The van der Waals surface area contributed by atoms with Gasteiger partial charge >= 0.3 is 0 Å². The molecule has 1 N–H and O–H groups in total. The summed E-state index contributed by atoms with van der Waals surface area (Å²) in [5, 5.41) is 3.55. The van der Waals surface area contributed by atoms with E-state index in [-0.39, 0.29) is 24.0 Å². The quantitative estimate of drug-likeness (QED) is 0.332. The molecule has 2 saturated heterocycles. The molecule has 6 heteroatoms. The average Bonchev–Trinajstić information content (AvgIpc) is 2.77. The van der Waals surface area contributed by atoms with Gasteiger partial charge in [-0.25, -0.2) is 0 Å². The third-order valence-electron chi connectivity index (χ3n) is 5.97. The van der Waals surface area contributed by atoms with E-state index in [1.54, 1.807) is 0 Å². The minimum absolute atomic E-state index is 0. The predicted octanol–water partition coefficient (Wildman–Crippen LogP) is 4.42. The van der Waals surface area contributed by atoms with Crippen LogP contribution < -0.4 is 5.32 Å². The molecule has 0 radical (unpaired) electrons. The molecule has 0 aromatic heterocycles. The first-order valence-corrected chi connectivity index (χ1v) is 11.0. The van der Waals surface area contributed by atoms with Crippen LogP contribution in [-0.4, -0.2) is 63.0 Å². The third kappa shape index (κ3) is 8.06. The SMILES string of the molecule is CN=C(NCCC(C)c1ccccc1)N1CCC(OCC2CCCCO2)CC1.I. The lowest BCUT2D eigenvalue weighted by Crippen LogP contribution is -2.47. The zero-order valence-corrected chi connectivity index (χ0v) is 20.3. The lowest BCUT2D eigenvalue weighted by Gasteiger charge is -2.35. The molecule has 3 rings (SSSR count). The molecule has 0 amide bonds. The molecular formula is C23H38IN3O2. The standard InChI is InChI=1S/C23H37N3O2.HI/c1-19(20-8-4-3-5-9-20)11-14-25-23(24-2)26-15-12-21(13-16-26)28-18-22-10-6-7-17-27-22;/h3-5,8-9,19,21-22H,6-7,10-18H2,1-2H3,(H,24,25);1H. The lowest BCUT2D eigenvalue weighted by molar-refractivity contribution is -0.0721. The fourth-order valence-electron chi connectivity index (χ4n) is 4.10. The van der Waals surface area contributed by atoms with E-state index in [2.05, 4.69) is 52.5 Å². The van der Waals surface area contributed by atoms with Crippen LogP contribution in [0.2, 0.25) is 0 Å². The fraction of sp³-hybridized carbons (Fsp3) is 0.696. The summed E-state index contributed by atoms with van der Waals surface area (Å²) >= 11 is 0. The topological polar surface area (TPSA) is 46.1 Å². The molecule has 2 atom stereocenters. The Kier molecular flexibility index (Phi) is 11.3. The van der Waals surface area contributed by atoms with Gasteiger partial charge in [-0.05, 0) is 50.0 Å². The Morgan fingerprint density at radius 3 is 2.62 bits per heavy atom. The molecule has 0 bridgehead atoms. The molecule has 164 valence electrons. The fourth-order valence-corrected chi connectivity index (χ4v) is 4.10. The van der Waals surface area contributed by atoms with Crippen LogP contribution in [0.3, 0.4) is 0 Å². The number of nitrogens with one attached hydrogen (secondary N) is 1. The summed E-state index contributed by atoms with van der Waals surface area (Å²) in [6.07, 6.45) is 7.52. The number of benzene rings is 1. The van der Waals surface area contributed by atoms with Crippen LogP contribution in [0.15, 0.2) is 35.3 Å². The van der Waals surface area contributed by atoms with Crippen LogP contribution in [0.1, 0.15) is 56.9 Å². The molecule has 1 aromatic rings. The van der Waals surface area contributed by atoms with E-state index in [0.29, 0.717) is 18.1 Å². The molecule has 2 aliphatic heterocycles. The first-order valence-electron chi connectivity index (χ1n) is 11.0. The number of nitrogens with zero attached hydrogens (tertiary/aromatic N) is 2. The molecular weight excluding hydrogens is 477 g/mol. The second-order valence-corrected chi connectivity index (χ2v) is 8.08. The van der Waals surface area contributed by atoms with E-state index in [1.165, 1.54) is 18.4 Å². The van der Waals surface area contributed by atoms with Crippen LogP contribution in [0.4, 0.5) is 0 Å². The highest BCUT2D eigenvalue weighted by Gasteiger charge is 2.23. The van der Waals surface area contributed by atoms with Gasteiger partial charge in [0.25, 0.3) is 0 Å². The van der Waals surface area contributed by atoms with Gasteiger partial charge < -0.3 is 19.7 Å². The zero-order chi connectivity index (χ0) is 19.6. The average molecular weight is 515 g/mol. The number of guanidine groups is 1. The number of hydrogen-bond acceptors (Lipinski definition) is 3. The first kappa shape index (κ1) is 24.4. The van der Waals surface area contributed by atoms with Gasteiger partial charge in [0.1, 0.15) is 0 Å². The van der Waals surface area contributed by atoms with Gasteiger partial charge in [-0.3, -0.25) is 4.99 Å². The third-order valence-corrected chi connectivity index (χ3v) is 5.97. The molecule has 2 unspecified atom stereocenters. The first-order chi connectivity index (χ1) is 13.8. The van der Waals surface area contributed by atoms with Crippen LogP contribution in [0, 0.1) is 0 Å². The highest BCUT2D eigenvalue weighted by atomic mass is 127. The highest BCUT2D eigenvalue weighted by molar-refractivity contribution is 14.0. The van der Waals surface area contributed by atoms with Gasteiger partial charge in [0.05, 0.1) is 18.8 Å². The van der Waals surface area contributed by atoms with Crippen molar-refractivity contribution < 1.29 is 9.47 Å². The van der Waals surface area contributed by atoms with Crippen LogP contribution in [-0.2, 0) is 9.47 Å². The zero-order valence-electron chi connectivity index (χ0n) is 18.0. The van der Waals surface area contributed by atoms with E-state index in [9.17, 15) is 0 Å². The minimum Gasteiger partial charge on any atom is -0.376 e. The second-order valence-electron chi connectivity index (χ2n) is 8.08. The maximum Gasteiger partial charge on any atom is 0.193 e. The largest absolute Gasteiger partial charge is 0.376 e. The summed E-state index contributed by atoms with van der Waals surface area (Å²) in [5.41, 5.74) is 1.40. The number of piperidine rings is 1. The predicted molar refractivity (Wildman–Crippen MR) is 130 cm³/mol. The summed E-state index contributed by atoms with van der Waals surface area (Å²) in [5.74, 6) is 1.57. The van der Waals surface area contributed by atoms with Crippen molar-refractivity contribution in [3.63, 3.8) is 0 Å². The van der Waals surface area contributed by atoms with E-state index in [0.717, 1.165) is 64.5 Å². The summed E-state index contributed by atoms with van der Waals surface area (Å²) in [6, 6.07) is 10.7. The maximum atomic E-state index is 6.13. The minimum atomic E-state index is 0. The Labute approximate surface area is 193 Å². The van der Waals surface area contributed by atoms with Crippen molar-refractivity contribution in [2.45, 2.75) is 63.6 Å². The number of aliphatic imine (C=N–C) groups is 1. The number of halogens is 1. The van der Waals surface area contributed by atoms with E-state index in [4.69, 9.17) is 9.47 Å². The Morgan fingerprint density at radius 1 is 1.21 bits per heavy atom. The highest BCUT2D eigenvalue weighted by Crippen LogP contribution is 2.19. The summed E-state index contributed by atoms with van der Waals surface area (Å²) in [6.45, 7) is 6.90. The van der Waals surface area contributed by atoms with Crippen molar-refractivity contribution >= 4 is 29.9 Å². The van der Waals surface area contributed by atoms with Gasteiger partial charge in [-0.1, -0.05) is 37.3 Å². The van der Waals surface area contributed by atoms with Gasteiger partial charge in [-0.15, -0.1) is 24.0 Å². The Bertz CT molecular complexity index is 585. The molecule has 29 heavy (non-hydrogen) atoms. The van der Waals surface area contributed by atoms with Gasteiger partial charge in [-0.2, -0.15) is 0 Å². The van der Waals surface area contributed by atoms with Crippen LogP contribution in [0.25, 0.3) is 0 Å². The molecule has 5 nitrogen and oxygen atoms in total. The normalized spacial score (nSPS) is 22.1. The second kappa shape index (κ2) is 13.4. The molecule has 2 aliphatic rings. The maximum absolute atomic E-state index is 6.13. The van der Waals surface area contributed by atoms with Gasteiger partial charge in [0, 0.05) is 33.3 Å². The molecule has 2 fully saturated rings. The lowest BCUT2D eigenvalue weighted by atomic mass is 9.98. The summed E-state index contributed by atoms with van der Waals surface area (Å²) in [4.78, 5) is 6.86. The molecule has 2 heterocycles. The van der Waals surface area contributed by atoms with Crippen molar-refractivity contribution in [3.05, 3.63) is 35.9 Å². The van der Waals surface area contributed by atoms with Gasteiger partial charge in [0.15, 0.2) is 5.96 Å². The Balaban J connectivity index is 0.00000300. The molecule has 0 spiro atoms. The van der Waals surface area contributed by atoms with Crippen molar-refractivity contribution in [2.75, 3.05) is 39.9 Å². The van der Waals surface area contributed by atoms with Crippen molar-refractivity contribution in [2.24, 2.45) is 4.99 Å². The Hall–Kier alpha value is -0.860. The Morgan fingerprint density at radius 2 is 1.97 bits per heavy atom. The van der Waals surface area contributed by atoms with Crippen molar-refractivity contribution in [1.29, 1.82) is 0 Å². The van der Waals surface area contributed by atoms with E-state index < -0.39 is 0 Å². The van der Waals surface area contributed by atoms with E-state index in [1.807, 2.05) is 7.05 Å².